The van der Waals surface area contributed by atoms with E-state index in [0.717, 1.165) is 31.3 Å². The Morgan fingerprint density at radius 3 is 2.21 bits per heavy atom. The number of ether oxygens (including phenoxy) is 1. The van der Waals surface area contributed by atoms with E-state index in [1.54, 1.807) is 12.1 Å². The van der Waals surface area contributed by atoms with E-state index >= 15 is 0 Å². The topological polar surface area (TPSA) is 21.3 Å². The zero-order valence-corrected chi connectivity index (χ0v) is 20.3. The van der Waals surface area contributed by atoms with Gasteiger partial charge in [-0.1, -0.05) is 46.9 Å². The zero-order valence-electron chi connectivity index (χ0n) is 14.8. The van der Waals surface area contributed by atoms with Crippen LogP contribution in [-0.2, 0) is 13.2 Å². The minimum Gasteiger partial charge on any atom is -0.486 e. The molecule has 28 heavy (non-hydrogen) atoms. The number of rotatable bonds is 6. The van der Waals surface area contributed by atoms with E-state index in [1.807, 2.05) is 43.3 Å². The third-order valence-electron chi connectivity index (χ3n) is 4.13. The molecule has 0 aliphatic carbocycles. The molecule has 3 aromatic carbocycles. The summed E-state index contributed by atoms with van der Waals surface area (Å²) in [6.07, 6.45) is 0. The molecule has 0 atom stereocenters. The van der Waals surface area contributed by atoms with Gasteiger partial charge in [0.15, 0.2) is 0 Å². The molecule has 2 nitrogen and oxygen atoms in total. The summed E-state index contributed by atoms with van der Waals surface area (Å²) in [4.78, 5) is 0. The quantitative estimate of drug-likeness (QED) is 0.324. The van der Waals surface area contributed by atoms with Crippen LogP contribution in [0.5, 0.6) is 5.75 Å². The molecule has 0 unspecified atom stereocenters. The molecule has 0 fully saturated rings. The maximum atomic E-state index is 6.22. The number of hydrogen-bond acceptors (Lipinski definition) is 2. The van der Waals surface area contributed by atoms with Crippen molar-refractivity contribution in [2.45, 2.75) is 20.1 Å². The van der Waals surface area contributed by atoms with Crippen LogP contribution in [-0.4, -0.2) is 0 Å². The van der Waals surface area contributed by atoms with Crippen molar-refractivity contribution in [1.82, 2.24) is 0 Å². The Balaban J connectivity index is 1.71. The normalized spacial score (nSPS) is 10.8. The van der Waals surface area contributed by atoms with Gasteiger partial charge < -0.3 is 10.1 Å². The van der Waals surface area contributed by atoms with Crippen LogP contribution in [0.15, 0.2) is 57.5 Å². The molecule has 0 aliphatic heterocycles. The molecule has 0 amide bonds. The molecule has 0 radical (unpaired) electrons. The summed E-state index contributed by atoms with van der Waals surface area (Å²) in [5.41, 5.74) is 4.11. The van der Waals surface area contributed by atoms with Gasteiger partial charge in [0.05, 0.1) is 8.95 Å². The minimum atomic E-state index is 0.340. The Hall–Kier alpha value is -0.910. The lowest BCUT2D eigenvalue weighted by molar-refractivity contribution is 0.302. The highest BCUT2D eigenvalue weighted by Gasteiger charge is 2.11. The molecule has 146 valence electrons. The van der Waals surface area contributed by atoms with Crippen LogP contribution in [0.1, 0.15) is 16.7 Å². The number of benzene rings is 3. The van der Waals surface area contributed by atoms with Crippen molar-refractivity contribution in [3.8, 4) is 5.75 Å². The van der Waals surface area contributed by atoms with Gasteiger partial charge in [-0.05, 0) is 86.3 Å². The monoisotopic (exact) mass is 561 g/mol. The van der Waals surface area contributed by atoms with E-state index in [0.29, 0.717) is 34.0 Å². The molecular formula is C21H16Br2Cl3NO. The third-order valence-corrected chi connectivity index (χ3v) is 6.13. The van der Waals surface area contributed by atoms with Crippen molar-refractivity contribution < 1.29 is 4.74 Å². The second kappa shape index (κ2) is 9.73. The van der Waals surface area contributed by atoms with Crippen molar-refractivity contribution in [1.29, 1.82) is 0 Å². The lowest BCUT2D eigenvalue weighted by Crippen LogP contribution is -2.03. The van der Waals surface area contributed by atoms with Gasteiger partial charge >= 0.3 is 0 Å². The summed E-state index contributed by atoms with van der Waals surface area (Å²) in [6, 6.07) is 15.2. The molecule has 0 saturated heterocycles. The first-order chi connectivity index (χ1) is 13.3. The largest absolute Gasteiger partial charge is 0.486 e. The molecule has 0 aliphatic rings. The van der Waals surface area contributed by atoms with E-state index in [9.17, 15) is 0 Å². The number of aryl methyl sites for hydroxylation is 1. The van der Waals surface area contributed by atoms with Gasteiger partial charge in [0.2, 0.25) is 0 Å². The molecule has 0 bridgehead atoms. The summed E-state index contributed by atoms with van der Waals surface area (Å²) in [7, 11) is 0. The highest BCUT2D eigenvalue weighted by atomic mass is 79.9. The molecule has 0 spiro atoms. The first kappa shape index (κ1) is 21.8. The van der Waals surface area contributed by atoms with Gasteiger partial charge in [-0.15, -0.1) is 0 Å². The predicted octanol–water partition coefficient (Wildman–Crippen LogP) is 8.67. The maximum absolute atomic E-state index is 6.22. The second-order valence-electron chi connectivity index (χ2n) is 6.23. The molecule has 0 saturated carbocycles. The van der Waals surface area contributed by atoms with Crippen LogP contribution in [0.4, 0.5) is 5.69 Å². The van der Waals surface area contributed by atoms with Crippen LogP contribution in [0.2, 0.25) is 15.1 Å². The predicted molar refractivity (Wildman–Crippen MR) is 126 cm³/mol. The van der Waals surface area contributed by atoms with Crippen molar-refractivity contribution in [3.05, 3.63) is 89.2 Å². The number of nitrogens with one attached hydrogen (secondary N) is 1. The number of halogens is 5. The molecule has 1 N–H and O–H groups in total. The first-order valence-corrected chi connectivity index (χ1v) is 11.1. The fourth-order valence-electron chi connectivity index (χ4n) is 2.62. The van der Waals surface area contributed by atoms with E-state index in [1.165, 1.54) is 0 Å². The van der Waals surface area contributed by atoms with Gasteiger partial charge in [0, 0.05) is 32.9 Å². The van der Waals surface area contributed by atoms with Crippen molar-refractivity contribution >= 4 is 72.4 Å². The van der Waals surface area contributed by atoms with Gasteiger partial charge in [0.1, 0.15) is 12.4 Å². The third kappa shape index (κ3) is 5.58. The van der Waals surface area contributed by atoms with Crippen molar-refractivity contribution in [2.75, 3.05) is 5.32 Å². The Kier molecular flexibility index (Phi) is 7.57. The average Bonchev–Trinajstić information content (AvgIpc) is 2.63. The Morgan fingerprint density at radius 1 is 0.893 bits per heavy atom. The van der Waals surface area contributed by atoms with E-state index in [4.69, 9.17) is 39.5 Å². The summed E-state index contributed by atoms with van der Waals surface area (Å²) >= 11 is 25.4. The molecule has 0 aromatic heterocycles. The van der Waals surface area contributed by atoms with Gasteiger partial charge in [-0.2, -0.15) is 0 Å². The Morgan fingerprint density at radius 2 is 1.54 bits per heavy atom. The second-order valence-corrected chi connectivity index (χ2v) is 9.21. The van der Waals surface area contributed by atoms with E-state index < -0.39 is 0 Å². The molecule has 3 aromatic rings. The summed E-state index contributed by atoms with van der Waals surface area (Å²) in [6.45, 7) is 3.04. The van der Waals surface area contributed by atoms with Gasteiger partial charge in [-0.25, -0.2) is 0 Å². The smallest absolute Gasteiger partial charge is 0.148 e. The standard InChI is InChI=1S/C21H16Br2Cl3NO/c1-12-2-4-16(25)9-20(12)27-10-13-6-17(22)21(18(23)7-13)28-11-14-3-5-15(24)8-19(14)26/h2-9,27H,10-11H2,1H3. The van der Waals surface area contributed by atoms with Crippen molar-refractivity contribution in [2.24, 2.45) is 0 Å². The lowest BCUT2D eigenvalue weighted by atomic mass is 10.1. The SMILES string of the molecule is Cc1ccc(Cl)cc1NCc1cc(Br)c(OCc2ccc(Cl)cc2Cl)c(Br)c1. The first-order valence-electron chi connectivity index (χ1n) is 8.38. The average molecular weight is 565 g/mol. The summed E-state index contributed by atoms with van der Waals surface area (Å²) in [5.74, 6) is 0.716. The molecular weight excluding hydrogens is 548 g/mol. The lowest BCUT2D eigenvalue weighted by Gasteiger charge is -2.15. The van der Waals surface area contributed by atoms with Crippen LogP contribution >= 0.6 is 66.7 Å². The minimum absolute atomic E-state index is 0.340. The fourth-order valence-corrected chi connectivity index (χ4v) is 4.77. The van der Waals surface area contributed by atoms with E-state index in [2.05, 4.69) is 37.2 Å². The number of anilines is 1. The van der Waals surface area contributed by atoms with Crippen LogP contribution < -0.4 is 10.1 Å². The van der Waals surface area contributed by atoms with Crippen molar-refractivity contribution in [3.63, 3.8) is 0 Å². The van der Waals surface area contributed by atoms with Crippen LogP contribution in [0.25, 0.3) is 0 Å². The summed E-state index contributed by atoms with van der Waals surface area (Å²) < 4.78 is 7.67. The van der Waals surface area contributed by atoms with Crippen LogP contribution in [0.3, 0.4) is 0 Å². The van der Waals surface area contributed by atoms with E-state index in [-0.39, 0.29) is 0 Å². The Labute approximate surface area is 196 Å². The maximum Gasteiger partial charge on any atom is 0.148 e. The highest BCUT2D eigenvalue weighted by Crippen LogP contribution is 2.36. The number of hydrogen-bond donors (Lipinski definition) is 1. The fraction of sp³-hybridized carbons (Fsp3) is 0.143. The molecule has 3 rings (SSSR count). The highest BCUT2D eigenvalue weighted by molar-refractivity contribution is 9.11. The Bertz CT molecular complexity index is 988. The van der Waals surface area contributed by atoms with Crippen LogP contribution in [0, 0.1) is 6.92 Å². The van der Waals surface area contributed by atoms with Gasteiger partial charge in [-0.3, -0.25) is 0 Å². The molecule has 0 heterocycles. The zero-order chi connectivity index (χ0) is 20.3. The van der Waals surface area contributed by atoms with Gasteiger partial charge in [0.25, 0.3) is 0 Å². The summed E-state index contributed by atoms with van der Waals surface area (Å²) in [5, 5.41) is 5.31. The molecule has 7 heteroatoms.